The molecule has 0 N–H and O–H groups in total. The molecule has 0 heterocycles. The molecule has 0 bridgehead atoms. The molecule has 0 fully saturated rings. The van der Waals surface area contributed by atoms with Crippen molar-refractivity contribution in [1.29, 1.82) is 0 Å². The van der Waals surface area contributed by atoms with E-state index in [-0.39, 0.29) is 12.1 Å². The number of rotatable bonds is 7. The van der Waals surface area contributed by atoms with Crippen LogP contribution in [0.3, 0.4) is 0 Å². The molecule has 0 aliphatic carbocycles. The minimum absolute atomic E-state index is 0.0263. The number of halogens is 6. The van der Waals surface area contributed by atoms with Crippen LogP contribution in [0.1, 0.15) is 54.4 Å². The SMILES string of the molecule is CC(C)N(C(C)CCC(C)N(C(C)C)C(Cl)(Cl)Cl)C(F)(F)F. The maximum Gasteiger partial charge on any atom is 0.460 e. The van der Waals surface area contributed by atoms with Crippen LogP contribution in [-0.4, -0.2) is 44.2 Å². The van der Waals surface area contributed by atoms with E-state index >= 15 is 0 Å². The van der Waals surface area contributed by atoms with Gasteiger partial charge in [0.1, 0.15) is 0 Å². The van der Waals surface area contributed by atoms with Crippen LogP contribution in [0.25, 0.3) is 0 Å². The number of alkyl halides is 6. The number of hydrogen-bond acceptors (Lipinski definition) is 2. The summed E-state index contributed by atoms with van der Waals surface area (Å²) in [6.07, 6.45) is -3.47. The third kappa shape index (κ3) is 7.00. The lowest BCUT2D eigenvalue weighted by atomic mass is 10.0. The van der Waals surface area contributed by atoms with Crippen LogP contribution in [-0.2, 0) is 0 Å². The average molecular weight is 386 g/mol. The lowest BCUT2D eigenvalue weighted by Crippen LogP contribution is -2.50. The topological polar surface area (TPSA) is 6.48 Å². The van der Waals surface area contributed by atoms with Crippen molar-refractivity contribution in [3.8, 4) is 0 Å². The molecule has 2 atom stereocenters. The summed E-state index contributed by atoms with van der Waals surface area (Å²) in [5.74, 6) is 0. The Bertz CT molecular complexity index is 298. The molecule has 0 saturated heterocycles. The van der Waals surface area contributed by atoms with Gasteiger partial charge in [0.2, 0.25) is 3.92 Å². The molecule has 0 saturated carbocycles. The van der Waals surface area contributed by atoms with Gasteiger partial charge in [-0.25, -0.2) is 4.90 Å². The van der Waals surface area contributed by atoms with Crippen LogP contribution in [0.4, 0.5) is 13.2 Å². The molecule has 2 unspecified atom stereocenters. The molecule has 22 heavy (non-hydrogen) atoms. The van der Waals surface area contributed by atoms with Gasteiger partial charge in [0.25, 0.3) is 0 Å². The van der Waals surface area contributed by atoms with Crippen molar-refractivity contribution in [1.82, 2.24) is 9.80 Å². The summed E-state index contributed by atoms with van der Waals surface area (Å²) in [4.78, 5) is 2.24. The highest BCUT2D eigenvalue weighted by Crippen LogP contribution is 2.36. The van der Waals surface area contributed by atoms with Crippen molar-refractivity contribution < 1.29 is 13.2 Å². The van der Waals surface area contributed by atoms with Gasteiger partial charge in [-0.2, -0.15) is 13.2 Å². The van der Waals surface area contributed by atoms with Crippen molar-refractivity contribution >= 4 is 34.8 Å². The zero-order valence-electron chi connectivity index (χ0n) is 13.9. The summed E-state index contributed by atoms with van der Waals surface area (Å²) in [5, 5.41) is 0. The van der Waals surface area contributed by atoms with Gasteiger partial charge in [0, 0.05) is 24.2 Å². The largest absolute Gasteiger partial charge is 0.460 e. The van der Waals surface area contributed by atoms with Gasteiger partial charge in [0.05, 0.1) is 0 Å². The maximum atomic E-state index is 13.1. The maximum absolute atomic E-state index is 13.1. The summed E-state index contributed by atoms with van der Waals surface area (Å²) in [6, 6.07) is -1.41. The van der Waals surface area contributed by atoms with E-state index in [1.54, 1.807) is 11.8 Å². The minimum atomic E-state index is -4.34. The second kappa shape index (κ2) is 8.61. The Labute approximate surface area is 146 Å². The summed E-state index contributed by atoms with van der Waals surface area (Å²) in [7, 11) is 0. The summed E-state index contributed by atoms with van der Waals surface area (Å²) in [6.45, 7) is 10.3. The molecule has 134 valence electrons. The van der Waals surface area contributed by atoms with Crippen molar-refractivity contribution in [2.75, 3.05) is 0 Å². The first kappa shape index (κ1) is 22.6. The zero-order chi connectivity index (χ0) is 17.9. The molecule has 0 amide bonds. The summed E-state index contributed by atoms with van der Waals surface area (Å²) >= 11 is 17.9. The van der Waals surface area contributed by atoms with Crippen molar-refractivity contribution in [3.63, 3.8) is 0 Å². The Hall–Kier alpha value is 0.580. The second-order valence-electron chi connectivity index (χ2n) is 6.21. The zero-order valence-corrected chi connectivity index (χ0v) is 16.2. The van der Waals surface area contributed by atoms with Gasteiger partial charge in [0.15, 0.2) is 0 Å². The predicted molar refractivity (Wildman–Crippen MR) is 88.5 cm³/mol. The van der Waals surface area contributed by atoms with Crippen LogP contribution >= 0.6 is 34.8 Å². The Morgan fingerprint density at radius 2 is 1.05 bits per heavy atom. The molecular formula is C14H26Cl3F3N2. The van der Waals surface area contributed by atoms with Gasteiger partial charge in [-0.15, -0.1) is 0 Å². The van der Waals surface area contributed by atoms with Gasteiger partial charge in [-0.1, -0.05) is 34.8 Å². The van der Waals surface area contributed by atoms with E-state index in [1.807, 2.05) is 20.8 Å². The monoisotopic (exact) mass is 384 g/mol. The Kier molecular flexibility index (Phi) is 8.84. The molecule has 0 spiro atoms. The smallest absolute Gasteiger partial charge is 0.254 e. The Balaban J connectivity index is 4.84. The van der Waals surface area contributed by atoms with Crippen LogP contribution in [0.2, 0.25) is 0 Å². The standard InChI is InChI=1S/C14H26Cl3F3N2/c1-9(2)21(13(15,16)17)11(5)7-8-12(6)22(10(3)4)14(18,19)20/h9-12H,7-8H2,1-6H3. The van der Waals surface area contributed by atoms with Crippen LogP contribution in [0.5, 0.6) is 0 Å². The number of nitrogens with zero attached hydrogens (tertiary/aromatic N) is 2. The molecule has 0 radical (unpaired) electrons. The Morgan fingerprint density at radius 1 is 0.727 bits per heavy atom. The van der Waals surface area contributed by atoms with E-state index in [0.717, 1.165) is 0 Å². The normalized spacial score (nSPS) is 16.9. The molecule has 0 aromatic carbocycles. The third-order valence-electron chi connectivity index (χ3n) is 3.65. The third-order valence-corrected chi connectivity index (χ3v) is 4.24. The fraction of sp³-hybridized carbons (Fsp3) is 1.00. The molecule has 8 heteroatoms. The van der Waals surface area contributed by atoms with E-state index in [0.29, 0.717) is 17.7 Å². The minimum Gasteiger partial charge on any atom is -0.254 e. The van der Waals surface area contributed by atoms with E-state index in [1.165, 1.54) is 13.8 Å². The molecule has 0 rings (SSSR count). The predicted octanol–water partition coefficient (Wildman–Crippen LogP) is 5.81. The van der Waals surface area contributed by atoms with E-state index in [9.17, 15) is 13.2 Å². The first-order valence-corrected chi connectivity index (χ1v) is 8.53. The van der Waals surface area contributed by atoms with Gasteiger partial charge < -0.3 is 0 Å². The molecule has 0 aliphatic rings. The highest BCUT2D eigenvalue weighted by Gasteiger charge is 2.42. The fourth-order valence-corrected chi connectivity index (χ4v) is 3.95. The van der Waals surface area contributed by atoms with E-state index in [4.69, 9.17) is 34.8 Å². The van der Waals surface area contributed by atoms with Crippen LogP contribution < -0.4 is 0 Å². The van der Waals surface area contributed by atoms with Gasteiger partial charge in [-0.3, -0.25) is 4.90 Å². The highest BCUT2D eigenvalue weighted by molar-refractivity contribution is 6.67. The van der Waals surface area contributed by atoms with Crippen LogP contribution in [0.15, 0.2) is 0 Å². The Morgan fingerprint density at radius 3 is 1.27 bits per heavy atom. The molecule has 2 nitrogen and oxygen atoms in total. The van der Waals surface area contributed by atoms with Gasteiger partial charge in [-0.05, 0) is 54.4 Å². The molecule has 0 aliphatic heterocycles. The summed E-state index contributed by atoms with van der Waals surface area (Å²) < 4.78 is 37.7. The van der Waals surface area contributed by atoms with Gasteiger partial charge >= 0.3 is 6.30 Å². The second-order valence-corrected chi connectivity index (χ2v) is 8.43. The average Bonchev–Trinajstić information content (AvgIpc) is 2.20. The van der Waals surface area contributed by atoms with Crippen molar-refractivity contribution in [3.05, 3.63) is 0 Å². The highest BCUT2D eigenvalue weighted by atomic mass is 35.6. The van der Waals surface area contributed by atoms with Crippen molar-refractivity contribution in [2.24, 2.45) is 0 Å². The molecule has 0 aromatic heterocycles. The number of hydrogen-bond donors (Lipinski definition) is 0. The summed E-state index contributed by atoms with van der Waals surface area (Å²) in [5.41, 5.74) is 0. The lowest BCUT2D eigenvalue weighted by Gasteiger charge is -2.39. The lowest BCUT2D eigenvalue weighted by molar-refractivity contribution is -0.267. The molecule has 0 aromatic rings. The van der Waals surface area contributed by atoms with Crippen molar-refractivity contribution in [2.45, 2.75) is 88.8 Å². The molecular weight excluding hydrogens is 360 g/mol. The first-order chi connectivity index (χ1) is 9.69. The van der Waals surface area contributed by atoms with E-state index < -0.39 is 22.3 Å². The van der Waals surface area contributed by atoms with Crippen LogP contribution in [0, 0.1) is 0 Å². The fourth-order valence-electron chi connectivity index (χ4n) is 2.86. The quantitative estimate of drug-likeness (QED) is 0.403. The first-order valence-electron chi connectivity index (χ1n) is 7.39. The van der Waals surface area contributed by atoms with E-state index in [2.05, 4.69) is 0 Å².